The molecule has 1 aromatic rings. The molecular weight excluding hydrogens is 230 g/mol. The quantitative estimate of drug-likeness (QED) is 0.794. The Bertz CT molecular complexity index is 308. The second-order valence-corrected chi connectivity index (χ2v) is 5.46. The number of thiophene rings is 1. The third kappa shape index (κ3) is 4.22. The van der Waals surface area contributed by atoms with E-state index in [-0.39, 0.29) is 11.3 Å². The van der Waals surface area contributed by atoms with Crippen LogP contribution in [0.1, 0.15) is 30.6 Å². The zero-order valence-corrected chi connectivity index (χ0v) is 10.6. The van der Waals surface area contributed by atoms with Gasteiger partial charge in [-0.3, -0.25) is 4.79 Å². The lowest BCUT2D eigenvalue weighted by atomic mass is 9.90. The van der Waals surface area contributed by atoms with Crippen molar-refractivity contribution in [3.05, 3.63) is 22.4 Å². The topological polar surface area (TPSA) is 29.1 Å². The molecule has 0 saturated carbocycles. The van der Waals surface area contributed by atoms with Gasteiger partial charge in [-0.25, -0.2) is 0 Å². The molecule has 0 aliphatic carbocycles. The monoisotopic (exact) mass is 245 g/mol. The van der Waals surface area contributed by atoms with Crippen molar-refractivity contribution in [3.8, 4) is 0 Å². The molecule has 0 aromatic carbocycles. The van der Waals surface area contributed by atoms with Gasteiger partial charge < -0.3 is 5.32 Å². The average Bonchev–Trinajstić information content (AvgIpc) is 2.67. The molecule has 1 aromatic heterocycles. The van der Waals surface area contributed by atoms with E-state index in [1.54, 1.807) is 0 Å². The van der Waals surface area contributed by atoms with Crippen LogP contribution in [-0.4, -0.2) is 18.3 Å². The lowest BCUT2D eigenvalue weighted by molar-refractivity contribution is 0.0936. The van der Waals surface area contributed by atoms with Crippen molar-refractivity contribution in [2.45, 2.75) is 20.3 Å². The zero-order chi connectivity index (χ0) is 11.3. The predicted molar refractivity (Wildman–Crippen MR) is 65.8 cm³/mol. The standard InChI is InChI=1S/C11H16ClNOS/c1-11(2,4-5-12)8-13-10(14)9-3-6-15-7-9/h3,6-7H,4-5,8H2,1-2H3,(H,13,14). The van der Waals surface area contributed by atoms with Gasteiger partial charge in [-0.2, -0.15) is 11.3 Å². The fraction of sp³-hybridized carbons (Fsp3) is 0.545. The first-order valence-electron chi connectivity index (χ1n) is 4.91. The Labute approximate surface area is 99.6 Å². The summed E-state index contributed by atoms with van der Waals surface area (Å²) >= 11 is 7.22. The first kappa shape index (κ1) is 12.5. The minimum atomic E-state index is -0.00102. The molecule has 15 heavy (non-hydrogen) atoms. The summed E-state index contributed by atoms with van der Waals surface area (Å²) in [5, 5.41) is 6.67. The van der Waals surface area contributed by atoms with Gasteiger partial charge in [0.15, 0.2) is 0 Å². The van der Waals surface area contributed by atoms with Crippen LogP contribution in [0.5, 0.6) is 0 Å². The number of nitrogens with one attached hydrogen (secondary N) is 1. The van der Waals surface area contributed by atoms with Crippen molar-refractivity contribution in [2.24, 2.45) is 5.41 Å². The Morgan fingerprint density at radius 3 is 2.87 bits per heavy atom. The molecule has 84 valence electrons. The Kier molecular flexibility index (Phi) is 4.61. The Hall–Kier alpha value is -0.540. The predicted octanol–water partition coefficient (Wildman–Crippen LogP) is 3.13. The van der Waals surface area contributed by atoms with E-state index in [1.165, 1.54) is 11.3 Å². The fourth-order valence-electron chi connectivity index (χ4n) is 1.16. The fourth-order valence-corrected chi connectivity index (χ4v) is 2.31. The molecule has 0 aliphatic rings. The smallest absolute Gasteiger partial charge is 0.252 e. The third-order valence-electron chi connectivity index (χ3n) is 2.28. The van der Waals surface area contributed by atoms with Gasteiger partial charge in [-0.15, -0.1) is 11.6 Å². The largest absolute Gasteiger partial charge is 0.351 e. The van der Waals surface area contributed by atoms with Crippen LogP contribution < -0.4 is 5.32 Å². The Morgan fingerprint density at radius 1 is 1.60 bits per heavy atom. The number of hydrogen-bond acceptors (Lipinski definition) is 2. The molecule has 2 nitrogen and oxygen atoms in total. The third-order valence-corrected chi connectivity index (χ3v) is 3.15. The number of amides is 1. The van der Waals surface area contributed by atoms with Crippen molar-refractivity contribution >= 4 is 28.8 Å². The van der Waals surface area contributed by atoms with Crippen molar-refractivity contribution in [1.29, 1.82) is 0 Å². The molecule has 0 atom stereocenters. The number of alkyl halides is 1. The molecule has 0 fully saturated rings. The molecule has 1 amide bonds. The van der Waals surface area contributed by atoms with E-state index in [9.17, 15) is 4.79 Å². The number of carbonyl (C=O) groups excluding carboxylic acids is 1. The molecule has 0 unspecified atom stereocenters. The molecule has 0 saturated heterocycles. The highest BCUT2D eigenvalue weighted by Crippen LogP contribution is 2.19. The highest BCUT2D eigenvalue weighted by molar-refractivity contribution is 7.08. The van der Waals surface area contributed by atoms with Crippen LogP contribution >= 0.6 is 22.9 Å². The van der Waals surface area contributed by atoms with Crippen LogP contribution in [0.25, 0.3) is 0 Å². The Balaban J connectivity index is 2.40. The maximum Gasteiger partial charge on any atom is 0.252 e. The van der Waals surface area contributed by atoms with Crippen LogP contribution in [0.15, 0.2) is 16.8 Å². The summed E-state index contributed by atoms with van der Waals surface area (Å²) in [7, 11) is 0. The highest BCUT2D eigenvalue weighted by Gasteiger charge is 2.18. The minimum absolute atomic E-state index is 0.00102. The molecule has 0 bridgehead atoms. The summed E-state index contributed by atoms with van der Waals surface area (Å²) in [5.41, 5.74) is 0.801. The van der Waals surface area contributed by atoms with E-state index in [1.807, 2.05) is 16.8 Å². The molecule has 1 N–H and O–H groups in total. The summed E-state index contributed by atoms with van der Waals surface area (Å²) in [5.74, 6) is 0.625. The van der Waals surface area contributed by atoms with Gasteiger partial charge in [0.2, 0.25) is 0 Å². The summed E-state index contributed by atoms with van der Waals surface area (Å²) < 4.78 is 0. The van der Waals surface area contributed by atoms with E-state index in [0.717, 1.165) is 12.0 Å². The van der Waals surface area contributed by atoms with Crippen LogP contribution in [0, 0.1) is 5.41 Å². The van der Waals surface area contributed by atoms with Crippen LogP contribution in [0.3, 0.4) is 0 Å². The number of carbonyl (C=O) groups is 1. The number of rotatable bonds is 5. The molecular formula is C11H16ClNOS. The van der Waals surface area contributed by atoms with Crippen molar-refractivity contribution < 1.29 is 4.79 Å². The maximum absolute atomic E-state index is 11.6. The van der Waals surface area contributed by atoms with Crippen LogP contribution in [0.2, 0.25) is 0 Å². The van der Waals surface area contributed by atoms with Gasteiger partial charge in [-0.05, 0) is 23.3 Å². The van der Waals surface area contributed by atoms with E-state index in [0.29, 0.717) is 12.4 Å². The summed E-state index contributed by atoms with van der Waals surface area (Å²) in [6, 6.07) is 1.83. The van der Waals surface area contributed by atoms with E-state index in [4.69, 9.17) is 11.6 Å². The van der Waals surface area contributed by atoms with Gasteiger partial charge >= 0.3 is 0 Å². The molecule has 1 rings (SSSR count). The normalized spacial score (nSPS) is 11.4. The van der Waals surface area contributed by atoms with Crippen LogP contribution in [-0.2, 0) is 0 Å². The van der Waals surface area contributed by atoms with Crippen molar-refractivity contribution in [3.63, 3.8) is 0 Å². The molecule has 0 aliphatic heterocycles. The Morgan fingerprint density at radius 2 is 2.33 bits per heavy atom. The summed E-state index contributed by atoms with van der Waals surface area (Å²) in [4.78, 5) is 11.6. The molecule has 4 heteroatoms. The van der Waals surface area contributed by atoms with E-state index < -0.39 is 0 Å². The second-order valence-electron chi connectivity index (χ2n) is 4.30. The van der Waals surface area contributed by atoms with Gasteiger partial charge in [0.25, 0.3) is 5.91 Å². The molecule has 0 spiro atoms. The zero-order valence-electron chi connectivity index (χ0n) is 9.05. The maximum atomic E-state index is 11.6. The average molecular weight is 246 g/mol. The lowest BCUT2D eigenvalue weighted by Gasteiger charge is -2.23. The van der Waals surface area contributed by atoms with Crippen LogP contribution in [0.4, 0.5) is 0 Å². The SMILES string of the molecule is CC(C)(CCCl)CNC(=O)c1ccsc1. The van der Waals surface area contributed by atoms with Gasteiger partial charge in [0, 0.05) is 23.4 Å². The van der Waals surface area contributed by atoms with Crippen molar-refractivity contribution in [2.75, 3.05) is 12.4 Å². The highest BCUT2D eigenvalue weighted by atomic mass is 35.5. The van der Waals surface area contributed by atoms with Gasteiger partial charge in [0.1, 0.15) is 0 Å². The van der Waals surface area contributed by atoms with Gasteiger partial charge in [0.05, 0.1) is 0 Å². The first-order chi connectivity index (χ1) is 7.05. The molecule has 1 heterocycles. The first-order valence-corrected chi connectivity index (χ1v) is 6.39. The van der Waals surface area contributed by atoms with E-state index in [2.05, 4.69) is 19.2 Å². The second kappa shape index (κ2) is 5.52. The van der Waals surface area contributed by atoms with Gasteiger partial charge in [-0.1, -0.05) is 13.8 Å². The molecule has 0 radical (unpaired) electrons. The minimum Gasteiger partial charge on any atom is -0.351 e. The van der Waals surface area contributed by atoms with Crippen molar-refractivity contribution in [1.82, 2.24) is 5.32 Å². The van der Waals surface area contributed by atoms with E-state index >= 15 is 0 Å². The summed E-state index contributed by atoms with van der Waals surface area (Å²) in [6.07, 6.45) is 0.901. The number of hydrogen-bond donors (Lipinski definition) is 1. The lowest BCUT2D eigenvalue weighted by Crippen LogP contribution is -2.34. The number of halogens is 1. The summed E-state index contributed by atoms with van der Waals surface area (Å²) in [6.45, 7) is 4.86.